The van der Waals surface area contributed by atoms with E-state index in [1.165, 1.54) is 0 Å². The van der Waals surface area contributed by atoms with Gasteiger partial charge >= 0.3 is 6.18 Å². The van der Waals surface area contributed by atoms with Crippen LogP contribution in [-0.2, 0) is 9.53 Å². The molecule has 19 heavy (non-hydrogen) atoms. The lowest BCUT2D eigenvalue weighted by Gasteiger charge is -2.32. The molecule has 0 bridgehead atoms. The molecule has 0 aliphatic heterocycles. The van der Waals surface area contributed by atoms with E-state index in [0.717, 1.165) is 0 Å². The summed E-state index contributed by atoms with van der Waals surface area (Å²) in [5.41, 5.74) is 4.33. The molecule has 7 heteroatoms. The number of carbonyl (C=O) groups is 1. The predicted molar refractivity (Wildman–Crippen MR) is 66.6 cm³/mol. The Morgan fingerprint density at radius 1 is 1.32 bits per heavy atom. The van der Waals surface area contributed by atoms with Crippen molar-refractivity contribution in [3.05, 3.63) is 0 Å². The molecule has 0 saturated heterocycles. The van der Waals surface area contributed by atoms with Crippen LogP contribution in [0, 0.1) is 0 Å². The Morgan fingerprint density at radius 2 is 1.84 bits per heavy atom. The molecule has 2 unspecified atom stereocenters. The topological polar surface area (TPSA) is 64.3 Å². The highest BCUT2D eigenvalue weighted by molar-refractivity contribution is 5.84. The quantitative estimate of drug-likeness (QED) is 0.716. The van der Waals surface area contributed by atoms with Crippen molar-refractivity contribution < 1.29 is 22.7 Å². The number of halogens is 3. The lowest BCUT2D eigenvalue weighted by atomic mass is 9.93. The number of amides is 1. The summed E-state index contributed by atoms with van der Waals surface area (Å²) in [6.07, 6.45) is -5.50. The molecular weight excluding hydrogens is 261 g/mol. The molecule has 4 nitrogen and oxygen atoms in total. The number of alkyl halides is 3. The molecule has 0 heterocycles. The van der Waals surface area contributed by atoms with Gasteiger partial charge in [0.15, 0.2) is 0 Å². The van der Waals surface area contributed by atoms with E-state index >= 15 is 0 Å². The molecule has 0 fully saturated rings. The fourth-order valence-corrected chi connectivity index (χ4v) is 1.88. The van der Waals surface area contributed by atoms with E-state index in [9.17, 15) is 18.0 Å². The molecule has 0 spiro atoms. The smallest absolute Gasteiger partial charge is 0.378 e. The highest BCUT2D eigenvalue weighted by atomic mass is 19.4. The third kappa shape index (κ3) is 8.05. The molecule has 0 aliphatic carbocycles. The van der Waals surface area contributed by atoms with E-state index in [1.54, 1.807) is 13.8 Å². The van der Waals surface area contributed by atoms with Crippen LogP contribution in [0.1, 0.15) is 40.5 Å². The first-order valence-corrected chi connectivity index (χ1v) is 6.22. The number of hydrogen-bond donors (Lipinski definition) is 2. The number of primary amides is 1. The Hall–Kier alpha value is -0.820. The van der Waals surface area contributed by atoms with Crippen LogP contribution in [0.25, 0.3) is 0 Å². The Labute approximate surface area is 111 Å². The van der Waals surface area contributed by atoms with Gasteiger partial charge in [-0.3, -0.25) is 4.79 Å². The summed E-state index contributed by atoms with van der Waals surface area (Å²) < 4.78 is 41.0. The van der Waals surface area contributed by atoms with Gasteiger partial charge in [-0.15, -0.1) is 0 Å². The first-order chi connectivity index (χ1) is 8.46. The van der Waals surface area contributed by atoms with Crippen molar-refractivity contribution in [3.63, 3.8) is 0 Å². The maximum Gasteiger partial charge on any atom is 0.391 e. The summed E-state index contributed by atoms with van der Waals surface area (Å²) in [5, 5.41) is 3.02. The molecule has 0 radical (unpaired) electrons. The van der Waals surface area contributed by atoms with Gasteiger partial charge in [0.25, 0.3) is 0 Å². The van der Waals surface area contributed by atoms with E-state index in [-0.39, 0.29) is 12.5 Å². The van der Waals surface area contributed by atoms with E-state index in [0.29, 0.717) is 0 Å². The van der Waals surface area contributed by atoms with E-state index in [4.69, 9.17) is 10.5 Å². The number of nitrogens with one attached hydrogen (secondary N) is 1. The molecular formula is C12H23F3N2O2. The van der Waals surface area contributed by atoms with E-state index < -0.39 is 36.8 Å². The predicted octanol–water partition coefficient (Wildman–Crippen LogP) is 1.98. The standard InChI is InChI=1S/C12H23F3N2O2/c1-8(2)17-11(4,10(16)18)7-9(3)19-6-5-12(13,14)15/h8-9,17H,5-7H2,1-4H3,(H2,16,18). The molecule has 3 N–H and O–H groups in total. The summed E-state index contributed by atoms with van der Waals surface area (Å²) in [6, 6.07) is 0.0277. The molecule has 0 rings (SSSR count). The highest BCUT2D eigenvalue weighted by Gasteiger charge is 2.34. The molecule has 0 aromatic rings. The first kappa shape index (κ1) is 18.2. The van der Waals surface area contributed by atoms with Crippen LogP contribution in [-0.4, -0.2) is 36.4 Å². The summed E-state index contributed by atoms with van der Waals surface area (Å²) in [7, 11) is 0. The second kappa shape index (κ2) is 7.09. The van der Waals surface area contributed by atoms with Crippen molar-refractivity contribution >= 4 is 5.91 Å². The zero-order valence-electron chi connectivity index (χ0n) is 11.8. The molecule has 0 aromatic heterocycles. The van der Waals surface area contributed by atoms with Crippen LogP contribution in [0.2, 0.25) is 0 Å². The normalized spacial score (nSPS) is 17.3. The Bertz CT molecular complexity index is 295. The molecule has 114 valence electrons. The number of hydrogen-bond acceptors (Lipinski definition) is 3. The van der Waals surface area contributed by atoms with Crippen LogP contribution in [0.5, 0.6) is 0 Å². The SMILES string of the molecule is CC(C)NC(C)(CC(C)OCCC(F)(F)F)C(N)=O. The summed E-state index contributed by atoms with van der Waals surface area (Å²) in [4.78, 5) is 11.4. The van der Waals surface area contributed by atoms with Crippen molar-refractivity contribution in [2.45, 2.75) is 64.4 Å². The number of carbonyl (C=O) groups excluding carboxylic acids is 1. The molecule has 0 saturated carbocycles. The van der Waals surface area contributed by atoms with E-state index in [1.807, 2.05) is 13.8 Å². The van der Waals surface area contributed by atoms with Gasteiger partial charge in [0, 0.05) is 12.5 Å². The minimum Gasteiger partial charge on any atom is -0.378 e. The zero-order chi connectivity index (χ0) is 15.3. The monoisotopic (exact) mass is 284 g/mol. The zero-order valence-corrected chi connectivity index (χ0v) is 11.8. The second-order valence-corrected chi connectivity index (χ2v) is 5.25. The fourth-order valence-electron chi connectivity index (χ4n) is 1.88. The van der Waals surface area contributed by atoms with Crippen molar-refractivity contribution in [2.24, 2.45) is 5.73 Å². The van der Waals surface area contributed by atoms with Crippen LogP contribution in [0.4, 0.5) is 13.2 Å². The van der Waals surface area contributed by atoms with Gasteiger partial charge in [-0.05, 0) is 27.7 Å². The maximum atomic E-state index is 12.0. The van der Waals surface area contributed by atoms with Crippen LogP contribution < -0.4 is 11.1 Å². The van der Waals surface area contributed by atoms with Crippen molar-refractivity contribution in [3.8, 4) is 0 Å². The Kier molecular flexibility index (Phi) is 6.79. The highest BCUT2D eigenvalue weighted by Crippen LogP contribution is 2.21. The third-order valence-corrected chi connectivity index (χ3v) is 2.63. The average Bonchev–Trinajstić information content (AvgIpc) is 2.12. The van der Waals surface area contributed by atoms with Crippen LogP contribution in [0.3, 0.4) is 0 Å². The molecule has 1 amide bonds. The van der Waals surface area contributed by atoms with Crippen LogP contribution in [0.15, 0.2) is 0 Å². The first-order valence-electron chi connectivity index (χ1n) is 6.22. The van der Waals surface area contributed by atoms with Crippen molar-refractivity contribution in [1.29, 1.82) is 0 Å². The Morgan fingerprint density at radius 3 is 2.21 bits per heavy atom. The summed E-state index contributed by atoms with van der Waals surface area (Å²) >= 11 is 0. The molecule has 2 atom stereocenters. The van der Waals surface area contributed by atoms with E-state index in [2.05, 4.69) is 5.32 Å². The van der Waals surface area contributed by atoms with Crippen molar-refractivity contribution in [2.75, 3.05) is 6.61 Å². The largest absolute Gasteiger partial charge is 0.391 e. The van der Waals surface area contributed by atoms with Crippen LogP contribution >= 0.6 is 0 Å². The van der Waals surface area contributed by atoms with Gasteiger partial charge in [0.2, 0.25) is 5.91 Å². The van der Waals surface area contributed by atoms with Gasteiger partial charge in [-0.1, -0.05) is 0 Å². The number of nitrogens with two attached hydrogens (primary N) is 1. The number of ether oxygens (including phenoxy) is 1. The molecule has 0 aliphatic rings. The fraction of sp³-hybridized carbons (Fsp3) is 0.917. The third-order valence-electron chi connectivity index (χ3n) is 2.63. The van der Waals surface area contributed by atoms with Gasteiger partial charge in [0.05, 0.1) is 24.7 Å². The average molecular weight is 284 g/mol. The minimum atomic E-state index is -4.23. The summed E-state index contributed by atoms with van der Waals surface area (Å²) in [6.45, 7) is 6.55. The second-order valence-electron chi connectivity index (χ2n) is 5.25. The minimum absolute atomic E-state index is 0.0277. The summed E-state index contributed by atoms with van der Waals surface area (Å²) in [5.74, 6) is -0.549. The maximum absolute atomic E-state index is 12.0. The number of rotatable bonds is 8. The van der Waals surface area contributed by atoms with Crippen molar-refractivity contribution in [1.82, 2.24) is 5.32 Å². The molecule has 0 aromatic carbocycles. The lowest BCUT2D eigenvalue weighted by Crippen LogP contribution is -2.57. The lowest BCUT2D eigenvalue weighted by molar-refractivity contribution is -0.150. The van der Waals surface area contributed by atoms with Gasteiger partial charge in [-0.25, -0.2) is 0 Å². The Balaban J connectivity index is 4.33. The van der Waals surface area contributed by atoms with Gasteiger partial charge in [0.1, 0.15) is 0 Å². The van der Waals surface area contributed by atoms with Gasteiger partial charge < -0.3 is 15.8 Å². The van der Waals surface area contributed by atoms with Gasteiger partial charge in [-0.2, -0.15) is 13.2 Å².